The van der Waals surface area contributed by atoms with Crippen LogP contribution in [0.3, 0.4) is 0 Å². The molecule has 3 aromatic rings. The van der Waals surface area contributed by atoms with Gasteiger partial charge in [0.2, 0.25) is 5.95 Å². The van der Waals surface area contributed by atoms with E-state index in [1.54, 1.807) is 18.2 Å². The lowest BCUT2D eigenvalue weighted by atomic mass is 10.1. The van der Waals surface area contributed by atoms with Gasteiger partial charge in [0.25, 0.3) is 5.91 Å². The van der Waals surface area contributed by atoms with Crippen LogP contribution in [-0.2, 0) is 4.74 Å². The number of carbonyl (C=O) groups is 1. The number of hydrogen-bond donors (Lipinski definition) is 3. The molecule has 154 valence electrons. The molecule has 0 aliphatic heterocycles. The number of nitrogens with one attached hydrogen (secondary N) is 1. The molecular formula is C19H21Cl2N5O2S. The molecule has 0 saturated heterocycles. The zero-order valence-electron chi connectivity index (χ0n) is 16.0. The zero-order valence-corrected chi connectivity index (χ0v) is 18.3. The molecule has 7 nitrogen and oxygen atoms in total. The van der Waals surface area contributed by atoms with E-state index in [1.807, 2.05) is 6.92 Å². The minimum Gasteiger partial charge on any atom is -0.397 e. The number of benzene rings is 1. The van der Waals surface area contributed by atoms with Crippen molar-refractivity contribution in [2.45, 2.75) is 26.4 Å². The first-order valence-electron chi connectivity index (χ1n) is 9.02. The Morgan fingerprint density at radius 2 is 2.07 bits per heavy atom. The van der Waals surface area contributed by atoms with Gasteiger partial charge in [-0.1, -0.05) is 36.2 Å². The van der Waals surface area contributed by atoms with Crippen molar-refractivity contribution in [2.75, 3.05) is 24.2 Å². The van der Waals surface area contributed by atoms with Gasteiger partial charge in [0.15, 0.2) is 0 Å². The molecule has 2 heterocycles. The van der Waals surface area contributed by atoms with E-state index in [2.05, 4.69) is 22.2 Å². The summed E-state index contributed by atoms with van der Waals surface area (Å²) in [5.74, 6) is -0.218. The molecule has 1 unspecified atom stereocenters. The maximum Gasteiger partial charge on any atom is 0.260 e. The lowest BCUT2D eigenvalue weighted by molar-refractivity contribution is 0.0751. The fraction of sp³-hybridized carbons (Fsp3) is 0.316. The number of primary amides is 1. The number of rotatable bonds is 8. The maximum absolute atomic E-state index is 11.8. The molecule has 0 spiro atoms. The Morgan fingerprint density at radius 1 is 1.31 bits per heavy atom. The first-order valence-corrected chi connectivity index (χ1v) is 10.6. The van der Waals surface area contributed by atoms with Gasteiger partial charge in [-0.25, -0.2) is 9.97 Å². The Hall–Kier alpha value is -2.13. The standard InChI is InChI=1S/C19H21Cl2N5O2S/c1-3-6-28-9(2)8-24-19-25-15(10-4-5-11(20)12(21)7-10)13-14(22)16(17(23)27)29-18(13)26-19/h4-5,7,9H,3,6,8,22H2,1-2H3,(H2,23,27)(H,24,25,26). The van der Waals surface area contributed by atoms with E-state index in [1.165, 1.54) is 0 Å². The molecule has 1 amide bonds. The molecule has 0 aliphatic carbocycles. The smallest absolute Gasteiger partial charge is 0.260 e. The summed E-state index contributed by atoms with van der Waals surface area (Å²) in [5, 5.41) is 4.55. The third-order valence-corrected chi connectivity index (χ3v) is 6.01. The number of anilines is 2. The number of thiophene rings is 1. The average molecular weight is 454 g/mol. The third-order valence-electron chi connectivity index (χ3n) is 4.16. The summed E-state index contributed by atoms with van der Waals surface area (Å²) in [7, 11) is 0. The molecule has 5 N–H and O–H groups in total. The molecule has 0 fully saturated rings. The van der Waals surface area contributed by atoms with Gasteiger partial charge in [-0.3, -0.25) is 4.79 Å². The highest BCUT2D eigenvalue weighted by atomic mass is 35.5. The maximum atomic E-state index is 11.8. The van der Waals surface area contributed by atoms with E-state index < -0.39 is 5.91 Å². The van der Waals surface area contributed by atoms with Crippen molar-refractivity contribution in [3.05, 3.63) is 33.1 Å². The van der Waals surface area contributed by atoms with Crippen LogP contribution in [0.25, 0.3) is 21.5 Å². The zero-order chi connectivity index (χ0) is 21.1. The number of nitrogens with zero attached hydrogens (tertiary/aromatic N) is 2. The van der Waals surface area contributed by atoms with E-state index in [-0.39, 0.29) is 16.7 Å². The molecule has 1 aromatic carbocycles. The Labute approximate surface area is 182 Å². The van der Waals surface area contributed by atoms with Crippen molar-refractivity contribution in [1.82, 2.24) is 9.97 Å². The van der Waals surface area contributed by atoms with Crippen LogP contribution in [0.1, 0.15) is 29.9 Å². The molecule has 3 rings (SSSR count). The van der Waals surface area contributed by atoms with Gasteiger partial charge < -0.3 is 21.5 Å². The number of amides is 1. The predicted octanol–water partition coefficient (Wildman–Crippen LogP) is 4.57. The Kier molecular flexibility index (Phi) is 6.79. The van der Waals surface area contributed by atoms with Crippen LogP contribution in [0.5, 0.6) is 0 Å². The summed E-state index contributed by atoms with van der Waals surface area (Å²) in [6.07, 6.45) is 0.927. The number of carbonyl (C=O) groups excluding carboxylic acids is 1. The summed E-state index contributed by atoms with van der Waals surface area (Å²) >= 11 is 13.4. The highest BCUT2D eigenvalue weighted by Gasteiger charge is 2.21. The van der Waals surface area contributed by atoms with E-state index in [0.29, 0.717) is 50.6 Å². The highest BCUT2D eigenvalue weighted by molar-refractivity contribution is 7.21. The van der Waals surface area contributed by atoms with E-state index in [9.17, 15) is 4.79 Å². The molecule has 29 heavy (non-hydrogen) atoms. The number of nitrogens with two attached hydrogens (primary N) is 2. The molecule has 0 aliphatic rings. The topological polar surface area (TPSA) is 116 Å². The number of nitrogen functional groups attached to an aromatic ring is 1. The van der Waals surface area contributed by atoms with Crippen LogP contribution in [0.2, 0.25) is 10.0 Å². The SMILES string of the molecule is CCCOC(C)CNc1nc(-c2ccc(Cl)c(Cl)c2)c2c(N)c(C(N)=O)sc2n1. The molecule has 1 atom stereocenters. The summed E-state index contributed by atoms with van der Waals surface area (Å²) in [6, 6.07) is 5.16. The van der Waals surface area contributed by atoms with Gasteiger partial charge in [0.1, 0.15) is 9.71 Å². The van der Waals surface area contributed by atoms with E-state index >= 15 is 0 Å². The van der Waals surface area contributed by atoms with Gasteiger partial charge >= 0.3 is 0 Å². The molecule has 10 heteroatoms. The quantitative estimate of drug-likeness (QED) is 0.459. The lowest BCUT2D eigenvalue weighted by Crippen LogP contribution is -2.21. The van der Waals surface area contributed by atoms with Gasteiger partial charge in [0.05, 0.1) is 32.9 Å². The van der Waals surface area contributed by atoms with Crippen LogP contribution >= 0.6 is 34.5 Å². The second kappa shape index (κ2) is 9.13. The van der Waals surface area contributed by atoms with Gasteiger partial charge in [0, 0.05) is 18.7 Å². The summed E-state index contributed by atoms with van der Waals surface area (Å²) in [4.78, 5) is 21.7. The second-order valence-electron chi connectivity index (χ2n) is 6.48. The van der Waals surface area contributed by atoms with Gasteiger partial charge in [-0.15, -0.1) is 11.3 Å². The second-order valence-corrected chi connectivity index (χ2v) is 8.29. The molecule has 0 saturated carbocycles. The first-order chi connectivity index (χ1) is 13.8. The fourth-order valence-electron chi connectivity index (χ4n) is 2.75. The van der Waals surface area contributed by atoms with Crippen LogP contribution < -0.4 is 16.8 Å². The van der Waals surface area contributed by atoms with Crippen molar-refractivity contribution < 1.29 is 9.53 Å². The van der Waals surface area contributed by atoms with Gasteiger partial charge in [-0.05, 0) is 25.5 Å². The predicted molar refractivity (Wildman–Crippen MR) is 120 cm³/mol. The molecule has 0 radical (unpaired) electrons. The normalized spacial score (nSPS) is 12.3. The van der Waals surface area contributed by atoms with Crippen molar-refractivity contribution in [2.24, 2.45) is 5.73 Å². The summed E-state index contributed by atoms with van der Waals surface area (Å²) < 4.78 is 5.67. The Morgan fingerprint density at radius 3 is 2.72 bits per heavy atom. The molecule has 0 bridgehead atoms. The average Bonchev–Trinajstić information content (AvgIpc) is 3.03. The van der Waals surface area contributed by atoms with Crippen molar-refractivity contribution in [1.29, 1.82) is 0 Å². The van der Waals surface area contributed by atoms with Crippen LogP contribution in [-0.4, -0.2) is 35.1 Å². The molecular weight excluding hydrogens is 433 g/mol. The largest absolute Gasteiger partial charge is 0.397 e. The van der Waals surface area contributed by atoms with Crippen molar-refractivity contribution in [3.63, 3.8) is 0 Å². The van der Waals surface area contributed by atoms with E-state index in [0.717, 1.165) is 17.8 Å². The Bertz CT molecular complexity index is 1060. The number of aromatic nitrogens is 2. The lowest BCUT2D eigenvalue weighted by Gasteiger charge is -2.14. The first kappa shape index (κ1) is 21.6. The fourth-order valence-corrected chi connectivity index (χ4v) is 3.99. The number of hydrogen-bond acceptors (Lipinski definition) is 7. The van der Waals surface area contributed by atoms with Crippen LogP contribution in [0.4, 0.5) is 11.6 Å². The monoisotopic (exact) mass is 453 g/mol. The number of ether oxygens (including phenoxy) is 1. The van der Waals surface area contributed by atoms with Gasteiger partial charge in [-0.2, -0.15) is 0 Å². The number of halogens is 2. The van der Waals surface area contributed by atoms with Crippen molar-refractivity contribution in [3.8, 4) is 11.3 Å². The minimum absolute atomic E-state index is 0.0164. The van der Waals surface area contributed by atoms with E-state index in [4.69, 9.17) is 39.4 Å². The van der Waals surface area contributed by atoms with Crippen LogP contribution in [0.15, 0.2) is 18.2 Å². The summed E-state index contributed by atoms with van der Waals surface area (Å²) in [5.41, 5.74) is 13.2. The minimum atomic E-state index is -0.610. The third kappa shape index (κ3) is 4.72. The number of fused-ring (bicyclic) bond motifs is 1. The van der Waals surface area contributed by atoms with Crippen molar-refractivity contribution >= 4 is 62.3 Å². The highest BCUT2D eigenvalue weighted by Crippen LogP contribution is 2.40. The van der Waals surface area contributed by atoms with Crippen LogP contribution in [0, 0.1) is 0 Å². The summed E-state index contributed by atoms with van der Waals surface area (Å²) in [6.45, 7) is 5.23. The Balaban J connectivity index is 2.08. The molecule has 2 aromatic heterocycles.